The molecule has 3 rings (SSSR count). The van der Waals surface area contributed by atoms with E-state index in [1.54, 1.807) is 39.0 Å². The van der Waals surface area contributed by atoms with E-state index in [1.165, 1.54) is 9.80 Å². The molecular weight excluding hydrogens is 572 g/mol. The molecule has 1 unspecified atom stereocenters. The molecule has 4 amide bonds. The number of hydrogen-bond donors (Lipinski definition) is 2. The molecule has 1 saturated heterocycles. The fourth-order valence-corrected chi connectivity index (χ4v) is 4.51. The summed E-state index contributed by atoms with van der Waals surface area (Å²) in [6, 6.07) is 4.53. The SMILES string of the molecule is CC(C)(C)OC(=O)N(CC#Cc1cccc2c1CN(C1CCC(=O)NC1=O)C2=O)CCOCCOCCOCCOCCN. The summed E-state index contributed by atoms with van der Waals surface area (Å²) < 4.78 is 27.3. The van der Waals surface area contributed by atoms with Crippen molar-refractivity contribution in [3.63, 3.8) is 0 Å². The van der Waals surface area contributed by atoms with Gasteiger partial charge in [-0.05, 0) is 44.9 Å². The molecule has 1 fully saturated rings. The number of piperidine rings is 1. The average Bonchev–Trinajstić information content (AvgIpc) is 3.30. The Kier molecular flexibility index (Phi) is 14.0. The maximum Gasteiger partial charge on any atom is 0.411 e. The van der Waals surface area contributed by atoms with E-state index in [0.29, 0.717) is 69.5 Å². The number of ether oxygens (including phenoxy) is 5. The summed E-state index contributed by atoms with van der Waals surface area (Å²) in [6.07, 6.45) is -0.0521. The minimum absolute atomic E-state index is 0.0789. The summed E-state index contributed by atoms with van der Waals surface area (Å²) in [4.78, 5) is 52.8. The normalized spacial score (nSPS) is 16.3. The number of nitrogens with one attached hydrogen (secondary N) is 1. The lowest BCUT2D eigenvalue weighted by Gasteiger charge is -2.29. The number of benzene rings is 1. The smallest absolute Gasteiger partial charge is 0.411 e. The zero-order valence-corrected chi connectivity index (χ0v) is 25.9. The van der Waals surface area contributed by atoms with Crippen molar-refractivity contribution < 1.29 is 42.9 Å². The molecule has 242 valence electrons. The van der Waals surface area contributed by atoms with Gasteiger partial charge in [0.05, 0.1) is 59.4 Å². The van der Waals surface area contributed by atoms with Crippen molar-refractivity contribution in [1.29, 1.82) is 0 Å². The quantitative estimate of drug-likeness (QED) is 0.156. The van der Waals surface area contributed by atoms with Gasteiger partial charge >= 0.3 is 6.09 Å². The van der Waals surface area contributed by atoms with Crippen LogP contribution in [0, 0.1) is 11.8 Å². The summed E-state index contributed by atoms with van der Waals surface area (Å²) in [5, 5.41) is 2.31. The van der Waals surface area contributed by atoms with Crippen LogP contribution in [-0.4, -0.2) is 118 Å². The van der Waals surface area contributed by atoms with E-state index in [1.807, 2.05) is 0 Å². The van der Waals surface area contributed by atoms with Crippen LogP contribution in [0.2, 0.25) is 0 Å². The van der Waals surface area contributed by atoms with E-state index >= 15 is 0 Å². The Morgan fingerprint density at radius 3 is 2.25 bits per heavy atom. The van der Waals surface area contributed by atoms with Gasteiger partial charge in [0.2, 0.25) is 11.8 Å². The summed E-state index contributed by atoms with van der Waals surface area (Å²) in [5.41, 5.74) is 6.49. The lowest BCUT2D eigenvalue weighted by molar-refractivity contribution is -0.136. The minimum Gasteiger partial charge on any atom is -0.444 e. The average molecular weight is 617 g/mol. The molecule has 2 heterocycles. The van der Waals surface area contributed by atoms with Crippen LogP contribution < -0.4 is 11.1 Å². The second-order valence-electron chi connectivity index (χ2n) is 11.2. The van der Waals surface area contributed by atoms with E-state index in [4.69, 9.17) is 29.4 Å². The number of hydrogen-bond acceptors (Lipinski definition) is 10. The van der Waals surface area contributed by atoms with Gasteiger partial charge in [-0.2, -0.15) is 0 Å². The van der Waals surface area contributed by atoms with Gasteiger partial charge in [0, 0.05) is 37.2 Å². The number of carbonyl (C=O) groups excluding carboxylic acids is 4. The molecule has 2 aliphatic rings. The maximum atomic E-state index is 13.1. The zero-order chi connectivity index (χ0) is 32.0. The number of amides is 4. The van der Waals surface area contributed by atoms with Gasteiger partial charge < -0.3 is 34.3 Å². The minimum atomic E-state index is -0.707. The fraction of sp³-hybridized carbons (Fsp3) is 0.613. The first kappa shape index (κ1) is 34.9. The second kappa shape index (κ2) is 17.7. The molecule has 13 heteroatoms. The van der Waals surface area contributed by atoms with Crippen molar-refractivity contribution in [1.82, 2.24) is 15.1 Å². The number of carbonyl (C=O) groups is 4. The highest BCUT2D eigenvalue weighted by molar-refractivity contribution is 6.05. The highest BCUT2D eigenvalue weighted by atomic mass is 16.6. The molecule has 0 aromatic heterocycles. The van der Waals surface area contributed by atoms with Crippen molar-refractivity contribution in [2.24, 2.45) is 5.73 Å². The zero-order valence-electron chi connectivity index (χ0n) is 25.9. The Morgan fingerprint density at radius 2 is 1.64 bits per heavy atom. The molecule has 44 heavy (non-hydrogen) atoms. The fourth-order valence-electron chi connectivity index (χ4n) is 4.51. The number of rotatable bonds is 16. The highest BCUT2D eigenvalue weighted by Crippen LogP contribution is 2.29. The van der Waals surface area contributed by atoms with Crippen LogP contribution >= 0.6 is 0 Å². The van der Waals surface area contributed by atoms with Gasteiger partial charge in [-0.3, -0.25) is 24.6 Å². The van der Waals surface area contributed by atoms with Crippen molar-refractivity contribution in [3.05, 3.63) is 34.9 Å². The van der Waals surface area contributed by atoms with Gasteiger partial charge in [0.15, 0.2) is 0 Å². The van der Waals surface area contributed by atoms with E-state index in [-0.39, 0.29) is 50.9 Å². The number of imide groups is 1. The molecule has 1 aromatic carbocycles. The van der Waals surface area contributed by atoms with Crippen LogP contribution in [-0.2, 0) is 39.8 Å². The summed E-state index contributed by atoms with van der Waals surface area (Å²) >= 11 is 0. The topological polar surface area (TPSA) is 159 Å². The third-order valence-corrected chi connectivity index (χ3v) is 6.61. The number of fused-ring (bicyclic) bond motifs is 1. The van der Waals surface area contributed by atoms with E-state index in [9.17, 15) is 19.2 Å². The summed E-state index contributed by atoms with van der Waals surface area (Å²) in [5.74, 6) is 5.05. The van der Waals surface area contributed by atoms with Gasteiger partial charge in [0.1, 0.15) is 11.6 Å². The maximum absolute atomic E-state index is 13.1. The summed E-state index contributed by atoms with van der Waals surface area (Å²) in [6.45, 7) is 9.76. The molecule has 3 N–H and O–H groups in total. The highest BCUT2D eigenvalue weighted by Gasteiger charge is 2.39. The third-order valence-electron chi connectivity index (χ3n) is 6.61. The van der Waals surface area contributed by atoms with E-state index in [2.05, 4.69) is 17.2 Å². The molecule has 1 aromatic rings. The predicted octanol–water partition coefficient (Wildman–Crippen LogP) is 1.06. The Labute approximate surface area is 258 Å². The van der Waals surface area contributed by atoms with Crippen LogP contribution in [0.1, 0.15) is 55.1 Å². The second-order valence-corrected chi connectivity index (χ2v) is 11.2. The van der Waals surface area contributed by atoms with Gasteiger partial charge in [0.25, 0.3) is 5.91 Å². The van der Waals surface area contributed by atoms with Crippen LogP contribution in [0.15, 0.2) is 18.2 Å². The van der Waals surface area contributed by atoms with Crippen molar-refractivity contribution in [2.75, 3.05) is 72.5 Å². The Bertz CT molecular complexity index is 1200. The standard InChI is InChI=1S/C31H44N4O9/c1-31(2,3)44-30(39)34(13-15-41-17-19-43-21-20-42-18-16-40-14-11-32)12-5-7-23-6-4-8-24-25(23)22-35(29(24)38)26-9-10-27(36)33-28(26)37/h4,6,8,26H,9-22,32H2,1-3H3,(H,33,36,37). The Morgan fingerprint density at radius 1 is 1.00 bits per heavy atom. The van der Waals surface area contributed by atoms with E-state index < -0.39 is 23.6 Å². The molecule has 0 bridgehead atoms. The van der Waals surface area contributed by atoms with Gasteiger partial charge in [-0.1, -0.05) is 17.9 Å². The van der Waals surface area contributed by atoms with Gasteiger partial charge in [-0.25, -0.2) is 4.79 Å². The Balaban J connectivity index is 1.50. The van der Waals surface area contributed by atoms with Crippen molar-refractivity contribution >= 4 is 23.8 Å². The Hall–Kier alpha value is -3.54. The van der Waals surface area contributed by atoms with Crippen molar-refractivity contribution in [2.45, 2.75) is 51.8 Å². The molecule has 0 saturated carbocycles. The number of nitrogens with zero attached hydrogens (tertiary/aromatic N) is 2. The molecule has 0 aliphatic carbocycles. The van der Waals surface area contributed by atoms with Gasteiger partial charge in [-0.15, -0.1) is 0 Å². The molecule has 13 nitrogen and oxygen atoms in total. The third kappa shape index (κ3) is 11.2. The lowest BCUT2D eigenvalue weighted by atomic mass is 10.0. The first-order valence-electron chi connectivity index (χ1n) is 14.8. The first-order chi connectivity index (χ1) is 21.1. The van der Waals surface area contributed by atoms with Crippen LogP contribution in [0.5, 0.6) is 0 Å². The molecular formula is C31H44N4O9. The molecule has 0 spiro atoms. The van der Waals surface area contributed by atoms with E-state index in [0.717, 1.165) is 0 Å². The monoisotopic (exact) mass is 616 g/mol. The first-order valence-corrected chi connectivity index (χ1v) is 14.8. The van der Waals surface area contributed by atoms with Crippen molar-refractivity contribution in [3.8, 4) is 11.8 Å². The van der Waals surface area contributed by atoms with Crippen LogP contribution in [0.4, 0.5) is 4.79 Å². The predicted molar refractivity (Wildman–Crippen MR) is 160 cm³/mol. The molecule has 1 atom stereocenters. The van der Waals surface area contributed by atoms with Crippen LogP contribution in [0.3, 0.4) is 0 Å². The number of nitrogens with two attached hydrogens (primary N) is 1. The van der Waals surface area contributed by atoms with Crippen LogP contribution in [0.25, 0.3) is 0 Å². The molecule has 0 radical (unpaired) electrons. The summed E-state index contributed by atoms with van der Waals surface area (Å²) in [7, 11) is 0. The largest absolute Gasteiger partial charge is 0.444 e. The molecule has 2 aliphatic heterocycles. The lowest BCUT2D eigenvalue weighted by Crippen LogP contribution is -2.52.